The van der Waals surface area contributed by atoms with Crippen molar-refractivity contribution in [3.8, 4) is 0 Å². The zero-order chi connectivity index (χ0) is 7.72. The number of allylic oxidation sites excluding steroid dienone is 1. The first-order valence-electron chi connectivity index (χ1n) is 2.96. The molecule has 0 fully saturated rings. The number of carbonyl (C=O) groups is 1. The molecule has 0 bridgehead atoms. The molecule has 0 saturated heterocycles. The predicted molar refractivity (Wildman–Crippen MR) is 32.5 cm³/mol. The Kier molecular flexibility index (Phi) is 1.63. The third-order valence-electron chi connectivity index (χ3n) is 1.47. The number of Topliss-reactive ketones (excluding diaryl/α,β-unsaturated/α-hetero) is 1. The first-order chi connectivity index (χ1) is 4.63. The molecule has 0 radical (unpaired) electrons. The van der Waals surface area contributed by atoms with Crippen LogP contribution in [0.1, 0.15) is 12.8 Å². The summed E-state index contributed by atoms with van der Waals surface area (Å²) in [4.78, 5) is 10.6. The number of hydrogen-bond donors (Lipinski definition) is 3. The van der Waals surface area contributed by atoms with Crippen molar-refractivity contribution in [3.05, 3.63) is 11.5 Å². The van der Waals surface area contributed by atoms with Gasteiger partial charge in [0.2, 0.25) is 5.78 Å². The lowest BCUT2D eigenvalue weighted by Gasteiger charge is -2.15. The molecule has 0 aromatic rings. The van der Waals surface area contributed by atoms with Gasteiger partial charge in [-0.05, 0) is 6.42 Å². The van der Waals surface area contributed by atoms with E-state index in [0.29, 0.717) is 0 Å². The summed E-state index contributed by atoms with van der Waals surface area (Å²) in [6.45, 7) is 0. The van der Waals surface area contributed by atoms with Crippen molar-refractivity contribution >= 4 is 5.78 Å². The Labute approximate surface area is 57.4 Å². The summed E-state index contributed by atoms with van der Waals surface area (Å²) in [6, 6.07) is 0. The molecule has 0 amide bonds. The average molecular weight is 144 g/mol. The van der Waals surface area contributed by atoms with Crippen LogP contribution in [0.15, 0.2) is 11.5 Å². The van der Waals surface area contributed by atoms with Crippen molar-refractivity contribution in [1.82, 2.24) is 0 Å². The van der Waals surface area contributed by atoms with Gasteiger partial charge in [-0.3, -0.25) is 4.79 Å². The van der Waals surface area contributed by atoms with Crippen LogP contribution < -0.4 is 0 Å². The Morgan fingerprint density at radius 2 is 2.00 bits per heavy atom. The van der Waals surface area contributed by atoms with Crippen molar-refractivity contribution < 1.29 is 20.1 Å². The van der Waals surface area contributed by atoms with Crippen LogP contribution in [0.4, 0.5) is 0 Å². The molecule has 1 aliphatic carbocycles. The standard InChI is InChI=1S/C6H8O4/c7-3-1-2-4(8)6(10)5(3)9/h3,7,9-10H,1-2H2. The molecule has 56 valence electrons. The van der Waals surface area contributed by atoms with Gasteiger partial charge in [0.15, 0.2) is 11.5 Å². The fourth-order valence-electron chi connectivity index (χ4n) is 0.824. The second kappa shape index (κ2) is 2.30. The summed E-state index contributed by atoms with van der Waals surface area (Å²) >= 11 is 0. The molecule has 0 saturated carbocycles. The summed E-state index contributed by atoms with van der Waals surface area (Å²) in [5, 5.41) is 26.4. The van der Waals surface area contributed by atoms with E-state index >= 15 is 0 Å². The topological polar surface area (TPSA) is 77.8 Å². The Balaban J connectivity index is 2.92. The lowest BCUT2D eigenvalue weighted by atomic mass is 10.0. The van der Waals surface area contributed by atoms with Crippen LogP contribution in [-0.4, -0.2) is 27.2 Å². The number of carbonyl (C=O) groups excluding carboxylic acids is 1. The number of rotatable bonds is 0. The van der Waals surface area contributed by atoms with E-state index in [4.69, 9.17) is 15.3 Å². The van der Waals surface area contributed by atoms with Crippen molar-refractivity contribution in [1.29, 1.82) is 0 Å². The second-order valence-corrected chi connectivity index (χ2v) is 2.21. The number of aliphatic hydroxyl groups is 3. The Bertz CT molecular complexity index is 194. The summed E-state index contributed by atoms with van der Waals surface area (Å²) in [6.07, 6.45) is -0.788. The Morgan fingerprint density at radius 3 is 2.50 bits per heavy atom. The number of hydrogen-bond acceptors (Lipinski definition) is 4. The van der Waals surface area contributed by atoms with Gasteiger partial charge in [-0.25, -0.2) is 0 Å². The third kappa shape index (κ3) is 0.974. The molecule has 0 aromatic heterocycles. The van der Waals surface area contributed by atoms with Gasteiger partial charge in [-0.2, -0.15) is 0 Å². The van der Waals surface area contributed by atoms with Gasteiger partial charge in [0.25, 0.3) is 0 Å². The van der Waals surface area contributed by atoms with Crippen molar-refractivity contribution in [2.45, 2.75) is 18.9 Å². The highest BCUT2D eigenvalue weighted by Crippen LogP contribution is 2.17. The quantitative estimate of drug-likeness (QED) is 0.448. The van der Waals surface area contributed by atoms with Crippen LogP contribution in [0.25, 0.3) is 0 Å². The van der Waals surface area contributed by atoms with E-state index in [1.807, 2.05) is 0 Å². The van der Waals surface area contributed by atoms with E-state index in [1.54, 1.807) is 0 Å². The van der Waals surface area contributed by atoms with Crippen LogP contribution in [0, 0.1) is 0 Å². The maximum absolute atomic E-state index is 10.6. The SMILES string of the molecule is O=C1CCC(O)C(O)=C1O. The minimum Gasteiger partial charge on any atom is -0.506 e. The van der Waals surface area contributed by atoms with Gasteiger partial charge < -0.3 is 15.3 Å². The van der Waals surface area contributed by atoms with Crippen LogP contribution >= 0.6 is 0 Å². The van der Waals surface area contributed by atoms with E-state index in [2.05, 4.69) is 0 Å². The van der Waals surface area contributed by atoms with Gasteiger partial charge in [-0.15, -0.1) is 0 Å². The summed E-state index contributed by atoms with van der Waals surface area (Å²) in [7, 11) is 0. The van der Waals surface area contributed by atoms with Gasteiger partial charge in [0.1, 0.15) is 6.10 Å². The van der Waals surface area contributed by atoms with E-state index in [0.717, 1.165) is 0 Å². The first-order valence-corrected chi connectivity index (χ1v) is 2.96. The van der Waals surface area contributed by atoms with E-state index < -0.39 is 23.4 Å². The van der Waals surface area contributed by atoms with E-state index in [-0.39, 0.29) is 12.8 Å². The van der Waals surface area contributed by atoms with Gasteiger partial charge in [0, 0.05) is 6.42 Å². The zero-order valence-electron chi connectivity index (χ0n) is 5.24. The molecule has 0 aromatic carbocycles. The van der Waals surface area contributed by atoms with Gasteiger partial charge in [-0.1, -0.05) is 0 Å². The largest absolute Gasteiger partial charge is 0.506 e. The lowest BCUT2D eigenvalue weighted by molar-refractivity contribution is -0.120. The normalized spacial score (nSPS) is 27.3. The minimum absolute atomic E-state index is 0.0943. The maximum Gasteiger partial charge on any atom is 0.200 e. The Morgan fingerprint density at radius 1 is 1.40 bits per heavy atom. The monoisotopic (exact) mass is 144 g/mol. The minimum atomic E-state index is -1.07. The van der Waals surface area contributed by atoms with Crippen LogP contribution in [0.2, 0.25) is 0 Å². The number of ketones is 1. The van der Waals surface area contributed by atoms with Crippen molar-refractivity contribution in [3.63, 3.8) is 0 Å². The average Bonchev–Trinajstić information content (AvgIpc) is 1.93. The molecule has 1 atom stereocenters. The summed E-state index contributed by atoms with van der Waals surface area (Å²) in [5.74, 6) is -1.81. The fourth-order valence-corrected chi connectivity index (χ4v) is 0.824. The van der Waals surface area contributed by atoms with Gasteiger partial charge in [0.05, 0.1) is 0 Å². The molecule has 4 nitrogen and oxygen atoms in total. The maximum atomic E-state index is 10.6. The highest BCUT2D eigenvalue weighted by atomic mass is 16.3. The summed E-state index contributed by atoms with van der Waals surface area (Å²) < 4.78 is 0. The smallest absolute Gasteiger partial charge is 0.200 e. The van der Waals surface area contributed by atoms with E-state index in [9.17, 15) is 4.79 Å². The molecule has 1 aliphatic rings. The number of aliphatic hydroxyl groups excluding tert-OH is 3. The van der Waals surface area contributed by atoms with E-state index in [1.165, 1.54) is 0 Å². The predicted octanol–water partition coefficient (Wildman–Crippen LogP) is 0.0378. The zero-order valence-corrected chi connectivity index (χ0v) is 5.24. The molecule has 0 spiro atoms. The molecule has 3 N–H and O–H groups in total. The molecule has 0 heterocycles. The Hall–Kier alpha value is -1.03. The van der Waals surface area contributed by atoms with Crippen molar-refractivity contribution in [2.24, 2.45) is 0 Å². The highest BCUT2D eigenvalue weighted by molar-refractivity contribution is 5.94. The molecule has 10 heavy (non-hydrogen) atoms. The third-order valence-corrected chi connectivity index (χ3v) is 1.47. The van der Waals surface area contributed by atoms with Crippen molar-refractivity contribution in [2.75, 3.05) is 0 Å². The molecule has 4 heteroatoms. The second-order valence-electron chi connectivity index (χ2n) is 2.21. The van der Waals surface area contributed by atoms with Gasteiger partial charge >= 0.3 is 0 Å². The fraction of sp³-hybridized carbons (Fsp3) is 0.500. The highest BCUT2D eigenvalue weighted by Gasteiger charge is 2.26. The first kappa shape index (κ1) is 7.08. The van der Waals surface area contributed by atoms with Crippen LogP contribution in [-0.2, 0) is 4.79 Å². The molecule has 1 unspecified atom stereocenters. The molecular weight excluding hydrogens is 136 g/mol. The molecular formula is C6H8O4. The molecule has 0 aliphatic heterocycles. The lowest BCUT2D eigenvalue weighted by Crippen LogP contribution is -2.22. The van der Waals surface area contributed by atoms with Crippen LogP contribution in [0.3, 0.4) is 0 Å². The molecule has 1 rings (SSSR count). The van der Waals surface area contributed by atoms with Crippen LogP contribution in [0.5, 0.6) is 0 Å². The summed E-state index contributed by atoms with van der Waals surface area (Å²) in [5.41, 5.74) is 0.